The van der Waals surface area contributed by atoms with Crippen molar-refractivity contribution in [1.29, 1.82) is 0 Å². The standard InChI is InChI=1S/C13H17N5O2S/c1-8(2)18-12(19)15-16-13(18)21-7-9-3-5-10(6-4-9)11(14)17-20/h3-6,8,20H,7H2,1-2H3,(H2,14,17)(H,15,19). The summed E-state index contributed by atoms with van der Waals surface area (Å²) < 4.78 is 1.62. The summed E-state index contributed by atoms with van der Waals surface area (Å²) in [5, 5.41) is 18.7. The van der Waals surface area contributed by atoms with Crippen LogP contribution in [-0.4, -0.2) is 25.8 Å². The molecule has 2 aromatic rings. The fourth-order valence-corrected chi connectivity index (χ4v) is 2.86. The molecule has 0 aliphatic carbocycles. The third kappa shape index (κ3) is 3.46. The molecule has 1 aromatic carbocycles. The van der Waals surface area contributed by atoms with E-state index < -0.39 is 0 Å². The van der Waals surface area contributed by atoms with E-state index in [0.29, 0.717) is 16.5 Å². The van der Waals surface area contributed by atoms with Gasteiger partial charge in [-0.25, -0.2) is 9.89 Å². The van der Waals surface area contributed by atoms with Gasteiger partial charge in [0, 0.05) is 17.4 Å². The van der Waals surface area contributed by atoms with E-state index in [1.807, 2.05) is 26.0 Å². The van der Waals surface area contributed by atoms with Crippen LogP contribution in [0.2, 0.25) is 0 Å². The number of hydrogen-bond donors (Lipinski definition) is 3. The first-order valence-corrected chi connectivity index (χ1v) is 7.38. The second-order valence-electron chi connectivity index (χ2n) is 4.75. The van der Waals surface area contributed by atoms with Crippen LogP contribution in [-0.2, 0) is 5.75 Å². The highest BCUT2D eigenvalue weighted by Gasteiger charge is 2.11. The molecule has 0 unspecified atom stereocenters. The number of oxime groups is 1. The van der Waals surface area contributed by atoms with E-state index in [1.165, 1.54) is 11.8 Å². The molecule has 0 saturated carbocycles. The molecule has 2 rings (SSSR count). The van der Waals surface area contributed by atoms with E-state index >= 15 is 0 Å². The molecule has 0 aliphatic rings. The maximum Gasteiger partial charge on any atom is 0.344 e. The minimum Gasteiger partial charge on any atom is -0.409 e. The van der Waals surface area contributed by atoms with Crippen molar-refractivity contribution in [3.8, 4) is 0 Å². The smallest absolute Gasteiger partial charge is 0.344 e. The van der Waals surface area contributed by atoms with E-state index in [1.54, 1.807) is 16.7 Å². The number of hydrogen-bond acceptors (Lipinski definition) is 5. The predicted octanol–water partition coefficient (Wildman–Crippen LogP) is 1.54. The van der Waals surface area contributed by atoms with Crippen LogP contribution in [0.5, 0.6) is 0 Å². The molecule has 0 saturated heterocycles. The highest BCUT2D eigenvalue weighted by Crippen LogP contribution is 2.21. The van der Waals surface area contributed by atoms with Gasteiger partial charge < -0.3 is 10.9 Å². The molecule has 112 valence electrons. The first-order chi connectivity index (χ1) is 10.0. The summed E-state index contributed by atoms with van der Waals surface area (Å²) in [5.41, 5.74) is 7.02. The number of H-pyrrole nitrogens is 1. The van der Waals surface area contributed by atoms with Crippen molar-refractivity contribution >= 4 is 17.6 Å². The highest BCUT2D eigenvalue weighted by molar-refractivity contribution is 7.98. The molecule has 1 aromatic heterocycles. The normalized spacial score (nSPS) is 12.0. The Morgan fingerprint density at radius 3 is 2.71 bits per heavy atom. The Morgan fingerprint density at radius 1 is 1.48 bits per heavy atom. The van der Waals surface area contributed by atoms with Crippen LogP contribution in [0, 0.1) is 0 Å². The maximum atomic E-state index is 11.6. The van der Waals surface area contributed by atoms with Crippen molar-refractivity contribution in [3.63, 3.8) is 0 Å². The van der Waals surface area contributed by atoms with Crippen LogP contribution in [0.4, 0.5) is 0 Å². The molecule has 0 atom stereocenters. The summed E-state index contributed by atoms with van der Waals surface area (Å²) in [6.07, 6.45) is 0. The van der Waals surface area contributed by atoms with Crippen molar-refractivity contribution in [2.45, 2.75) is 30.8 Å². The average molecular weight is 307 g/mol. The summed E-state index contributed by atoms with van der Waals surface area (Å²) in [7, 11) is 0. The average Bonchev–Trinajstić information content (AvgIpc) is 2.86. The van der Waals surface area contributed by atoms with Gasteiger partial charge in [-0.1, -0.05) is 41.2 Å². The lowest BCUT2D eigenvalue weighted by Gasteiger charge is -2.08. The van der Waals surface area contributed by atoms with Gasteiger partial charge in [0.1, 0.15) is 0 Å². The zero-order chi connectivity index (χ0) is 15.4. The van der Waals surface area contributed by atoms with Crippen molar-refractivity contribution in [3.05, 3.63) is 45.9 Å². The molecule has 0 radical (unpaired) electrons. The van der Waals surface area contributed by atoms with E-state index in [0.717, 1.165) is 5.56 Å². The minimum atomic E-state index is -0.199. The highest BCUT2D eigenvalue weighted by atomic mass is 32.2. The third-order valence-corrected chi connectivity index (χ3v) is 3.94. The second kappa shape index (κ2) is 6.49. The van der Waals surface area contributed by atoms with Gasteiger partial charge in [-0.2, -0.15) is 0 Å². The molecule has 0 spiro atoms. The summed E-state index contributed by atoms with van der Waals surface area (Å²) >= 11 is 1.48. The van der Waals surface area contributed by atoms with Gasteiger partial charge in [-0.05, 0) is 19.4 Å². The summed E-state index contributed by atoms with van der Waals surface area (Å²) in [6.45, 7) is 3.87. The number of nitrogens with one attached hydrogen (secondary N) is 1. The number of nitrogens with zero attached hydrogens (tertiary/aromatic N) is 3. The molecular formula is C13H17N5O2S. The van der Waals surface area contributed by atoms with E-state index in [4.69, 9.17) is 10.9 Å². The Morgan fingerprint density at radius 2 is 2.14 bits per heavy atom. The monoisotopic (exact) mass is 307 g/mol. The number of amidine groups is 1. The number of thioether (sulfide) groups is 1. The number of aromatic amines is 1. The number of rotatable bonds is 5. The van der Waals surface area contributed by atoms with Crippen LogP contribution < -0.4 is 11.4 Å². The fraction of sp³-hybridized carbons (Fsp3) is 0.308. The zero-order valence-electron chi connectivity index (χ0n) is 11.8. The lowest BCUT2D eigenvalue weighted by atomic mass is 10.1. The fourth-order valence-electron chi connectivity index (χ4n) is 1.82. The number of benzene rings is 1. The summed E-state index contributed by atoms with van der Waals surface area (Å²) in [5.74, 6) is 0.753. The molecule has 0 amide bonds. The van der Waals surface area contributed by atoms with E-state index in [2.05, 4.69) is 15.4 Å². The first kappa shape index (κ1) is 15.2. The first-order valence-electron chi connectivity index (χ1n) is 6.39. The Kier molecular flexibility index (Phi) is 4.69. The lowest BCUT2D eigenvalue weighted by molar-refractivity contribution is 0.318. The number of nitrogens with two attached hydrogens (primary N) is 1. The molecular weight excluding hydrogens is 290 g/mol. The van der Waals surface area contributed by atoms with Gasteiger partial charge in [0.15, 0.2) is 11.0 Å². The van der Waals surface area contributed by atoms with Crippen LogP contribution >= 0.6 is 11.8 Å². The SMILES string of the molecule is CC(C)n1c(SCc2ccc(C(N)=NO)cc2)n[nH]c1=O. The van der Waals surface area contributed by atoms with Crippen LogP contribution in [0.25, 0.3) is 0 Å². The van der Waals surface area contributed by atoms with Crippen LogP contribution in [0.15, 0.2) is 39.4 Å². The maximum absolute atomic E-state index is 11.6. The Balaban J connectivity index is 2.09. The molecule has 7 nitrogen and oxygen atoms in total. The summed E-state index contributed by atoms with van der Waals surface area (Å²) in [4.78, 5) is 11.6. The zero-order valence-corrected chi connectivity index (χ0v) is 12.6. The van der Waals surface area contributed by atoms with Gasteiger partial charge in [0.05, 0.1) is 0 Å². The molecule has 8 heteroatoms. The van der Waals surface area contributed by atoms with Crippen molar-refractivity contribution < 1.29 is 5.21 Å². The Hall–Kier alpha value is -2.22. The van der Waals surface area contributed by atoms with Gasteiger partial charge in [0.2, 0.25) is 0 Å². The van der Waals surface area contributed by atoms with Gasteiger partial charge in [0.25, 0.3) is 0 Å². The minimum absolute atomic E-state index is 0.0571. The van der Waals surface area contributed by atoms with Crippen molar-refractivity contribution in [2.75, 3.05) is 0 Å². The quantitative estimate of drug-likeness (QED) is 0.255. The van der Waals surface area contributed by atoms with Crippen LogP contribution in [0.3, 0.4) is 0 Å². The number of aromatic nitrogens is 3. The van der Waals surface area contributed by atoms with E-state index in [9.17, 15) is 4.79 Å². The molecule has 0 aliphatic heterocycles. The van der Waals surface area contributed by atoms with E-state index in [-0.39, 0.29) is 17.6 Å². The molecule has 0 bridgehead atoms. The van der Waals surface area contributed by atoms with Gasteiger partial charge >= 0.3 is 5.69 Å². The molecule has 1 heterocycles. The van der Waals surface area contributed by atoms with Crippen molar-refractivity contribution in [1.82, 2.24) is 14.8 Å². The predicted molar refractivity (Wildman–Crippen MR) is 81.7 cm³/mol. The Bertz CT molecular complexity index is 687. The molecule has 0 fully saturated rings. The van der Waals surface area contributed by atoms with Gasteiger partial charge in [-0.3, -0.25) is 4.57 Å². The largest absolute Gasteiger partial charge is 0.409 e. The summed E-state index contributed by atoms with van der Waals surface area (Å²) in [6, 6.07) is 7.41. The third-order valence-electron chi connectivity index (χ3n) is 2.91. The lowest BCUT2D eigenvalue weighted by Crippen LogP contribution is -2.19. The van der Waals surface area contributed by atoms with Crippen LogP contribution in [0.1, 0.15) is 31.0 Å². The second-order valence-corrected chi connectivity index (χ2v) is 5.69. The van der Waals surface area contributed by atoms with Crippen molar-refractivity contribution in [2.24, 2.45) is 10.9 Å². The molecule has 4 N–H and O–H groups in total. The molecule has 21 heavy (non-hydrogen) atoms. The van der Waals surface area contributed by atoms with Gasteiger partial charge in [-0.15, -0.1) is 5.10 Å². The topological polar surface area (TPSA) is 109 Å². The Labute approximate surface area is 125 Å².